The van der Waals surface area contributed by atoms with E-state index in [1.54, 1.807) is 26.0 Å². The monoisotopic (exact) mass is 527 g/mol. The zero-order valence-electron chi connectivity index (χ0n) is 22.2. The van der Waals surface area contributed by atoms with Gasteiger partial charge in [0.2, 0.25) is 11.8 Å². The van der Waals surface area contributed by atoms with Gasteiger partial charge in [-0.25, -0.2) is 4.79 Å². The van der Waals surface area contributed by atoms with Crippen LogP contribution in [-0.2, 0) is 25.5 Å². The molecule has 1 aliphatic heterocycles. The topological polar surface area (TPSA) is 166 Å². The predicted molar refractivity (Wildman–Crippen MR) is 142 cm³/mol. The molecule has 0 aliphatic carbocycles. The van der Waals surface area contributed by atoms with Gasteiger partial charge in [0.25, 0.3) is 5.91 Å². The van der Waals surface area contributed by atoms with Gasteiger partial charge in [-0.1, -0.05) is 19.1 Å². The fourth-order valence-electron chi connectivity index (χ4n) is 4.47. The number of esters is 2. The summed E-state index contributed by atoms with van der Waals surface area (Å²) in [4.78, 5) is 44.8. The van der Waals surface area contributed by atoms with Crippen molar-refractivity contribution in [3.63, 3.8) is 0 Å². The second-order valence-electron chi connectivity index (χ2n) is 9.41. The van der Waals surface area contributed by atoms with E-state index in [9.17, 15) is 19.5 Å². The Morgan fingerprint density at radius 2 is 1.84 bits per heavy atom. The molecule has 0 saturated carbocycles. The van der Waals surface area contributed by atoms with Crippen LogP contribution < -0.4 is 16.4 Å². The van der Waals surface area contributed by atoms with Crippen molar-refractivity contribution in [2.24, 2.45) is 5.92 Å². The minimum Gasteiger partial charge on any atom is -0.493 e. The van der Waals surface area contributed by atoms with Crippen molar-refractivity contribution in [2.75, 3.05) is 30.8 Å². The molecule has 0 saturated heterocycles. The number of hydrogen-bond donors (Lipinski definition) is 4. The van der Waals surface area contributed by atoms with E-state index in [0.717, 1.165) is 24.9 Å². The van der Waals surface area contributed by atoms with Crippen LogP contribution in [0.4, 0.5) is 11.8 Å². The molecule has 1 aliphatic rings. The van der Waals surface area contributed by atoms with Gasteiger partial charge in [0.15, 0.2) is 0 Å². The molecule has 206 valence electrons. The second kappa shape index (κ2) is 13.6. The zero-order chi connectivity index (χ0) is 27.7. The highest BCUT2D eigenvalue weighted by molar-refractivity contribution is 5.96. The van der Waals surface area contributed by atoms with Crippen LogP contribution >= 0.6 is 0 Å². The highest BCUT2D eigenvalue weighted by atomic mass is 16.5. The van der Waals surface area contributed by atoms with E-state index < -0.39 is 23.9 Å². The number of hydrogen-bond acceptors (Lipinski definition) is 10. The maximum Gasteiger partial charge on any atom is 0.328 e. The molecular formula is C27H37N5O6. The molecule has 3 atom stereocenters. The largest absolute Gasteiger partial charge is 0.493 e. The normalized spacial score (nSPS) is 15.9. The first-order valence-corrected chi connectivity index (χ1v) is 13.0. The molecule has 0 bridgehead atoms. The zero-order valence-corrected chi connectivity index (χ0v) is 22.2. The standard InChI is InChI=1S/C27H37N5O6/c1-4-37-22(33)13-12-21(26(36)38-5-2)30-24(34)19-10-8-18(9-11-19)16(3)6-7-17-14-20-23(29-15-17)31-27(28)32-25(20)35/h8-11,16-17,21H,4-7,12-15H2,1-3H3,(H,30,34)(H4,28,29,31,32,35)/t16?,17?,21-/m1/s1. The maximum absolute atomic E-state index is 12.8. The number of amides is 1. The van der Waals surface area contributed by atoms with Crippen LogP contribution in [0.15, 0.2) is 24.3 Å². The number of nitrogens with zero attached hydrogens (tertiary/aromatic N) is 2. The molecule has 0 fully saturated rings. The highest BCUT2D eigenvalue weighted by Crippen LogP contribution is 2.33. The Bertz CT molecular complexity index is 1120. The summed E-state index contributed by atoms with van der Waals surface area (Å²) < 4.78 is 9.97. The van der Waals surface area contributed by atoms with Crippen LogP contribution in [0.25, 0.3) is 0 Å². The highest BCUT2D eigenvalue weighted by Gasteiger charge is 2.25. The van der Waals surface area contributed by atoms with Gasteiger partial charge < -0.3 is 30.9 Å². The molecule has 1 amide bonds. The fraction of sp³-hybridized carbons (Fsp3) is 0.519. The van der Waals surface area contributed by atoms with Crippen molar-refractivity contribution in [1.29, 1.82) is 0 Å². The molecule has 0 radical (unpaired) electrons. The van der Waals surface area contributed by atoms with Crippen LogP contribution in [0.5, 0.6) is 5.88 Å². The lowest BCUT2D eigenvalue weighted by Gasteiger charge is -2.26. The summed E-state index contributed by atoms with van der Waals surface area (Å²) in [6.45, 7) is 6.68. The first-order valence-electron chi connectivity index (χ1n) is 13.0. The minimum atomic E-state index is -0.944. The third kappa shape index (κ3) is 7.80. The molecule has 2 unspecified atom stereocenters. The summed E-state index contributed by atoms with van der Waals surface area (Å²) >= 11 is 0. The molecule has 5 N–H and O–H groups in total. The Morgan fingerprint density at radius 1 is 1.13 bits per heavy atom. The van der Waals surface area contributed by atoms with Crippen molar-refractivity contribution >= 4 is 29.6 Å². The molecule has 1 aromatic heterocycles. The number of nitrogen functional groups attached to an aromatic ring is 1. The number of anilines is 2. The summed E-state index contributed by atoms with van der Waals surface area (Å²) in [5, 5.41) is 16.0. The number of rotatable bonds is 12. The maximum atomic E-state index is 12.8. The van der Waals surface area contributed by atoms with Gasteiger partial charge in [-0.3, -0.25) is 9.59 Å². The minimum absolute atomic E-state index is 0.00312. The summed E-state index contributed by atoms with van der Waals surface area (Å²) in [6, 6.07) is 6.34. The number of fused-ring (bicyclic) bond motifs is 1. The summed E-state index contributed by atoms with van der Waals surface area (Å²) in [7, 11) is 0. The van der Waals surface area contributed by atoms with Gasteiger partial charge >= 0.3 is 11.9 Å². The molecule has 2 heterocycles. The Morgan fingerprint density at radius 3 is 2.53 bits per heavy atom. The molecule has 2 aromatic rings. The second-order valence-corrected chi connectivity index (χ2v) is 9.41. The van der Waals surface area contributed by atoms with Crippen LogP contribution in [0, 0.1) is 5.92 Å². The van der Waals surface area contributed by atoms with Crippen LogP contribution in [0.1, 0.15) is 73.9 Å². The first-order chi connectivity index (χ1) is 18.2. The number of carbonyl (C=O) groups is 3. The van der Waals surface area contributed by atoms with Crippen LogP contribution in [-0.4, -0.2) is 58.7 Å². The van der Waals surface area contributed by atoms with E-state index in [-0.39, 0.29) is 43.8 Å². The van der Waals surface area contributed by atoms with Crippen molar-refractivity contribution < 1.29 is 29.0 Å². The van der Waals surface area contributed by atoms with E-state index in [0.29, 0.717) is 29.3 Å². The molecular weight excluding hydrogens is 490 g/mol. The number of ether oxygens (including phenoxy) is 2. The van der Waals surface area contributed by atoms with Crippen LogP contribution in [0.3, 0.4) is 0 Å². The molecule has 3 rings (SSSR count). The summed E-state index contributed by atoms with van der Waals surface area (Å²) in [5.74, 6) is -0.288. The van der Waals surface area contributed by atoms with Crippen molar-refractivity contribution in [1.82, 2.24) is 15.3 Å². The van der Waals surface area contributed by atoms with Crippen LogP contribution in [0.2, 0.25) is 0 Å². The third-order valence-electron chi connectivity index (χ3n) is 6.62. The Labute approximate surface area is 222 Å². The SMILES string of the molecule is CCOC(=O)CC[C@@H](NC(=O)c1ccc(C(C)CCC2CNc3nc(N)nc(O)c3C2)cc1)C(=O)OCC. The quantitative estimate of drug-likeness (QED) is 0.301. The molecule has 11 nitrogen and oxygen atoms in total. The van der Waals surface area contributed by atoms with E-state index in [1.807, 2.05) is 12.1 Å². The Hall–Kier alpha value is -3.89. The fourth-order valence-corrected chi connectivity index (χ4v) is 4.47. The lowest BCUT2D eigenvalue weighted by atomic mass is 9.87. The lowest BCUT2D eigenvalue weighted by molar-refractivity contribution is -0.146. The predicted octanol–water partition coefficient (Wildman–Crippen LogP) is 2.94. The first kappa shape index (κ1) is 28.7. The Balaban J connectivity index is 1.54. The number of benzene rings is 1. The van der Waals surface area contributed by atoms with Gasteiger partial charge in [0.05, 0.1) is 18.8 Å². The van der Waals surface area contributed by atoms with Gasteiger partial charge in [0, 0.05) is 18.5 Å². The molecule has 11 heteroatoms. The number of nitrogens with two attached hydrogens (primary N) is 1. The number of carbonyl (C=O) groups excluding carboxylic acids is 3. The van der Waals surface area contributed by atoms with Crippen molar-refractivity contribution in [3.05, 3.63) is 41.0 Å². The number of aromatic nitrogens is 2. The molecule has 0 spiro atoms. The van der Waals surface area contributed by atoms with E-state index in [1.165, 1.54) is 0 Å². The Kier molecular flexibility index (Phi) is 10.3. The van der Waals surface area contributed by atoms with Crippen molar-refractivity contribution in [3.8, 4) is 5.88 Å². The average Bonchev–Trinajstić information content (AvgIpc) is 2.90. The number of nitrogens with one attached hydrogen (secondary N) is 2. The average molecular weight is 528 g/mol. The van der Waals surface area contributed by atoms with Gasteiger partial charge in [-0.05, 0) is 69.1 Å². The summed E-state index contributed by atoms with van der Waals surface area (Å²) in [5.41, 5.74) is 7.81. The molecule has 38 heavy (non-hydrogen) atoms. The van der Waals surface area contributed by atoms with Gasteiger partial charge in [-0.2, -0.15) is 9.97 Å². The third-order valence-corrected chi connectivity index (χ3v) is 6.62. The molecule has 1 aromatic carbocycles. The van der Waals surface area contributed by atoms with E-state index in [2.05, 4.69) is 27.5 Å². The van der Waals surface area contributed by atoms with Gasteiger partial charge in [-0.15, -0.1) is 0 Å². The van der Waals surface area contributed by atoms with E-state index in [4.69, 9.17) is 15.2 Å². The van der Waals surface area contributed by atoms with Crippen molar-refractivity contribution in [2.45, 2.75) is 64.8 Å². The van der Waals surface area contributed by atoms with E-state index >= 15 is 0 Å². The van der Waals surface area contributed by atoms with Gasteiger partial charge in [0.1, 0.15) is 11.9 Å². The summed E-state index contributed by atoms with van der Waals surface area (Å²) in [6.07, 6.45) is 2.62. The lowest BCUT2D eigenvalue weighted by Crippen LogP contribution is -2.42. The number of aromatic hydroxyl groups is 1. The smallest absolute Gasteiger partial charge is 0.328 e.